The molecule has 5 rings (SSSR count). The van der Waals surface area contributed by atoms with Crippen LogP contribution in [0.3, 0.4) is 0 Å². The SMILES string of the molecule is O=C(COc1ccc2oc3c(c2c1)CCCC3)OCC(=O)N1CCCC1c1cccs1. The fourth-order valence-electron chi connectivity index (χ4n) is 4.58. The van der Waals surface area contributed by atoms with Crippen molar-refractivity contribution in [3.63, 3.8) is 0 Å². The van der Waals surface area contributed by atoms with E-state index in [1.165, 1.54) is 10.4 Å². The Morgan fingerprint density at radius 2 is 2.03 bits per heavy atom. The number of carbonyl (C=O) groups excluding carboxylic acids is 2. The van der Waals surface area contributed by atoms with Gasteiger partial charge in [0.2, 0.25) is 0 Å². The van der Waals surface area contributed by atoms with Gasteiger partial charge in [0.05, 0.1) is 6.04 Å². The molecular formula is C24H25NO5S. The van der Waals surface area contributed by atoms with Crippen LogP contribution in [0.2, 0.25) is 0 Å². The third kappa shape index (κ3) is 4.19. The summed E-state index contributed by atoms with van der Waals surface area (Å²) in [5.74, 6) is 0.964. The summed E-state index contributed by atoms with van der Waals surface area (Å²) in [6, 6.07) is 9.75. The molecule has 1 atom stereocenters. The molecule has 1 fully saturated rings. The maximum atomic E-state index is 12.6. The van der Waals surface area contributed by atoms with Crippen molar-refractivity contribution in [3.05, 3.63) is 51.9 Å². The van der Waals surface area contributed by atoms with Crippen molar-refractivity contribution in [1.29, 1.82) is 0 Å². The molecule has 2 aliphatic rings. The summed E-state index contributed by atoms with van der Waals surface area (Å²) in [6.07, 6.45) is 6.22. The normalized spacial score (nSPS) is 18.2. The Bertz CT molecular complexity index is 1090. The Balaban J connectivity index is 1.15. The molecule has 0 radical (unpaired) electrons. The Morgan fingerprint density at radius 3 is 2.90 bits per heavy atom. The van der Waals surface area contributed by atoms with Crippen LogP contribution >= 0.6 is 11.3 Å². The van der Waals surface area contributed by atoms with Gasteiger partial charge >= 0.3 is 5.97 Å². The van der Waals surface area contributed by atoms with E-state index in [4.69, 9.17) is 13.9 Å². The molecule has 1 saturated heterocycles. The average Bonchev–Trinajstić information content (AvgIpc) is 3.54. The van der Waals surface area contributed by atoms with Crippen LogP contribution in [0.25, 0.3) is 11.0 Å². The van der Waals surface area contributed by atoms with Gasteiger partial charge in [-0.25, -0.2) is 4.79 Å². The molecule has 7 heteroatoms. The van der Waals surface area contributed by atoms with Gasteiger partial charge in [-0.2, -0.15) is 0 Å². The minimum absolute atomic E-state index is 0.0927. The molecule has 1 aliphatic heterocycles. The lowest BCUT2D eigenvalue weighted by Crippen LogP contribution is -2.34. The lowest BCUT2D eigenvalue weighted by atomic mass is 9.96. The topological polar surface area (TPSA) is 69.0 Å². The lowest BCUT2D eigenvalue weighted by molar-refractivity contribution is -0.154. The number of benzene rings is 1. The van der Waals surface area contributed by atoms with E-state index in [0.717, 1.165) is 55.3 Å². The molecule has 1 aromatic carbocycles. The highest BCUT2D eigenvalue weighted by atomic mass is 32.1. The van der Waals surface area contributed by atoms with E-state index in [9.17, 15) is 9.59 Å². The van der Waals surface area contributed by atoms with Crippen LogP contribution in [0.5, 0.6) is 5.75 Å². The van der Waals surface area contributed by atoms with Gasteiger partial charge in [-0.15, -0.1) is 11.3 Å². The van der Waals surface area contributed by atoms with E-state index in [2.05, 4.69) is 6.07 Å². The minimum atomic E-state index is -0.547. The quantitative estimate of drug-likeness (QED) is 0.523. The second kappa shape index (κ2) is 8.75. The van der Waals surface area contributed by atoms with Crippen molar-refractivity contribution >= 4 is 34.2 Å². The van der Waals surface area contributed by atoms with Gasteiger partial charge in [-0.1, -0.05) is 6.07 Å². The number of hydrogen-bond acceptors (Lipinski definition) is 6. The average molecular weight is 440 g/mol. The van der Waals surface area contributed by atoms with Crippen molar-refractivity contribution < 1.29 is 23.5 Å². The van der Waals surface area contributed by atoms with Gasteiger partial charge in [-0.3, -0.25) is 4.79 Å². The number of fused-ring (bicyclic) bond motifs is 3. The summed E-state index contributed by atoms with van der Waals surface area (Å²) in [5, 5.41) is 3.08. The summed E-state index contributed by atoms with van der Waals surface area (Å²) >= 11 is 1.65. The molecule has 3 heterocycles. The molecule has 0 spiro atoms. The number of amides is 1. The van der Waals surface area contributed by atoms with E-state index in [1.54, 1.807) is 17.4 Å². The maximum absolute atomic E-state index is 12.6. The van der Waals surface area contributed by atoms with Crippen LogP contribution in [0.1, 0.15) is 47.9 Å². The van der Waals surface area contributed by atoms with Crippen LogP contribution < -0.4 is 4.74 Å². The van der Waals surface area contributed by atoms with Crippen molar-refractivity contribution in [1.82, 2.24) is 4.90 Å². The van der Waals surface area contributed by atoms with Crippen LogP contribution in [0.4, 0.5) is 0 Å². The second-order valence-electron chi connectivity index (χ2n) is 8.08. The highest BCUT2D eigenvalue weighted by Crippen LogP contribution is 2.35. The number of likely N-dealkylation sites (tertiary alicyclic amines) is 1. The predicted molar refractivity (Wildman–Crippen MR) is 117 cm³/mol. The van der Waals surface area contributed by atoms with Gasteiger partial charge in [0.15, 0.2) is 13.2 Å². The Labute approximate surface area is 184 Å². The summed E-state index contributed by atoms with van der Waals surface area (Å²) in [4.78, 5) is 27.7. The van der Waals surface area contributed by atoms with Gasteiger partial charge in [0.25, 0.3) is 5.91 Å². The minimum Gasteiger partial charge on any atom is -0.482 e. The third-order valence-electron chi connectivity index (χ3n) is 6.08. The smallest absolute Gasteiger partial charge is 0.344 e. The number of hydrogen-bond donors (Lipinski definition) is 0. The van der Waals surface area contributed by atoms with Gasteiger partial charge < -0.3 is 18.8 Å². The molecule has 3 aromatic rings. The van der Waals surface area contributed by atoms with E-state index in [1.807, 2.05) is 28.5 Å². The summed E-state index contributed by atoms with van der Waals surface area (Å²) in [5.41, 5.74) is 2.11. The van der Waals surface area contributed by atoms with Crippen molar-refractivity contribution in [2.45, 2.75) is 44.6 Å². The summed E-state index contributed by atoms with van der Waals surface area (Å²) in [6.45, 7) is 0.218. The zero-order valence-corrected chi connectivity index (χ0v) is 18.1. The van der Waals surface area contributed by atoms with Crippen LogP contribution in [-0.2, 0) is 27.2 Å². The second-order valence-corrected chi connectivity index (χ2v) is 9.06. The molecule has 6 nitrogen and oxygen atoms in total. The lowest BCUT2D eigenvalue weighted by Gasteiger charge is -2.23. The van der Waals surface area contributed by atoms with E-state index in [0.29, 0.717) is 12.3 Å². The molecule has 31 heavy (non-hydrogen) atoms. The number of esters is 1. The van der Waals surface area contributed by atoms with Crippen LogP contribution in [0.15, 0.2) is 40.1 Å². The Kier molecular flexibility index (Phi) is 5.68. The number of ether oxygens (including phenoxy) is 2. The highest BCUT2D eigenvalue weighted by Gasteiger charge is 2.31. The molecule has 162 valence electrons. The van der Waals surface area contributed by atoms with Crippen molar-refractivity contribution in [2.75, 3.05) is 19.8 Å². The first-order valence-electron chi connectivity index (χ1n) is 10.8. The molecule has 1 amide bonds. The molecule has 0 bridgehead atoms. The van der Waals surface area contributed by atoms with Gasteiger partial charge in [-0.05, 0) is 61.7 Å². The number of carbonyl (C=O) groups is 2. The molecular weight excluding hydrogens is 414 g/mol. The van der Waals surface area contributed by atoms with Crippen molar-refractivity contribution in [3.8, 4) is 5.75 Å². The third-order valence-corrected chi connectivity index (χ3v) is 7.06. The van der Waals surface area contributed by atoms with Crippen molar-refractivity contribution in [2.24, 2.45) is 0 Å². The van der Waals surface area contributed by atoms with Crippen LogP contribution in [0, 0.1) is 0 Å². The molecule has 2 aromatic heterocycles. The first-order chi connectivity index (χ1) is 15.2. The Morgan fingerprint density at radius 1 is 1.13 bits per heavy atom. The first-order valence-corrected chi connectivity index (χ1v) is 11.7. The summed E-state index contributed by atoms with van der Waals surface area (Å²) in [7, 11) is 0. The van der Waals surface area contributed by atoms with Gasteiger partial charge in [0, 0.05) is 28.8 Å². The number of thiophene rings is 1. The van der Waals surface area contributed by atoms with Crippen LogP contribution in [-0.4, -0.2) is 36.5 Å². The fourth-order valence-corrected chi connectivity index (χ4v) is 5.46. The monoisotopic (exact) mass is 439 g/mol. The molecule has 0 N–H and O–H groups in total. The largest absolute Gasteiger partial charge is 0.482 e. The first kappa shape index (κ1) is 20.1. The number of aryl methyl sites for hydroxylation is 2. The van der Waals surface area contributed by atoms with Gasteiger partial charge in [0.1, 0.15) is 17.1 Å². The molecule has 1 unspecified atom stereocenters. The molecule has 0 saturated carbocycles. The van der Waals surface area contributed by atoms with E-state index >= 15 is 0 Å². The van der Waals surface area contributed by atoms with E-state index < -0.39 is 5.97 Å². The maximum Gasteiger partial charge on any atom is 0.344 e. The van der Waals surface area contributed by atoms with E-state index in [-0.39, 0.29) is 25.2 Å². The summed E-state index contributed by atoms with van der Waals surface area (Å²) < 4.78 is 16.8. The predicted octanol–water partition coefficient (Wildman–Crippen LogP) is 4.66. The fraction of sp³-hybridized carbons (Fsp3) is 0.417. The number of rotatable bonds is 6. The zero-order chi connectivity index (χ0) is 21.2. The zero-order valence-electron chi connectivity index (χ0n) is 17.3. The highest BCUT2D eigenvalue weighted by molar-refractivity contribution is 7.10. The number of furan rings is 1. The Hall–Kier alpha value is -2.80. The standard InChI is InChI=1S/C24H25NO5S/c26-23(25-11-3-6-19(25)22-8-4-12-31-22)14-29-24(27)15-28-16-9-10-21-18(13-16)17-5-1-2-7-20(17)30-21/h4,8-10,12-13,19H,1-3,5-7,11,14-15H2. The number of nitrogens with zero attached hydrogens (tertiary/aromatic N) is 1. The molecule has 1 aliphatic carbocycles.